The van der Waals surface area contributed by atoms with Crippen molar-refractivity contribution in [1.82, 2.24) is 20.5 Å². The Balaban J connectivity index is 1.28. The molecule has 2 saturated heterocycles. The zero-order valence-electron chi connectivity index (χ0n) is 19.1. The van der Waals surface area contributed by atoms with E-state index < -0.39 is 0 Å². The summed E-state index contributed by atoms with van der Waals surface area (Å²) in [6.07, 6.45) is 4.72. The van der Waals surface area contributed by atoms with Crippen LogP contribution in [0.4, 0.5) is 5.82 Å². The first-order chi connectivity index (χ1) is 15.1. The molecule has 2 atom stereocenters. The quantitative estimate of drug-likeness (QED) is 0.549. The molecule has 0 saturated carbocycles. The van der Waals surface area contributed by atoms with Crippen molar-refractivity contribution in [3.8, 4) is 0 Å². The van der Waals surface area contributed by atoms with Gasteiger partial charge in [-0.05, 0) is 75.7 Å². The van der Waals surface area contributed by atoms with Crippen molar-refractivity contribution in [3.63, 3.8) is 0 Å². The zero-order valence-corrected chi connectivity index (χ0v) is 19.9. The number of hydrogen-bond donors (Lipinski definition) is 2. The van der Waals surface area contributed by atoms with Crippen molar-refractivity contribution in [2.24, 2.45) is 10.9 Å². The van der Waals surface area contributed by atoms with Crippen LogP contribution in [0.1, 0.15) is 42.3 Å². The Kier molecular flexibility index (Phi) is 7.45. The third-order valence-corrected chi connectivity index (χ3v) is 7.57. The Morgan fingerprint density at radius 2 is 2.00 bits per heavy atom. The van der Waals surface area contributed by atoms with Crippen LogP contribution in [0, 0.1) is 12.8 Å². The standard InChI is InChI=1S/C24H36N6S/c1-18-7-4-10-22(27-18)30-14-11-20(12-15-30)28-24(25-2)26-17-19-8-5-13-29(3)23(19)21-9-6-16-31-21/h4,6-7,9-10,16,19-20,23H,5,8,11-15,17H2,1-3H3,(H2,25,26,28). The van der Waals surface area contributed by atoms with Crippen LogP contribution in [0.3, 0.4) is 0 Å². The highest BCUT2D eigenvalue weighted by molar-refractivity contribution is 7.10. The lowest BCUT2D eigenvalue weighted by Crippen LogP contribution is -2.50. The minimum atomic E-state index is 0.453. The van der Waals surface area contributed by atoms with Gasteiger partial charge in [0.25, 0.3) is 0 Å². The van der Waals surface area contributed by atoms with E-state index >= 15 is 0 Å². The molecule has 2 N–H and O–H groups in total. The maximum atomic E-state index is 4.68. The average Bonchev–Trinajstić information content (AvgIpc) is 3.31. The number of aryl methyl sites for hydroxylation is 1. The number of nitrogens with one attached hydrogen (secondary N) is 2. The molecule has 4 rings (SSSR count). The number of thiophene rings is 1. The summed E-state index contributed by atoms with van der Waals surface area (Å²) in [7, 11) is 4.14. The Labute approximate surface area is 190 Å². The number of aromatic nitrogens is 1. The van der Waals surface area contributed by atoms with Gasteiger partial charge in [-0.3, -0.25) is 9.89 Å². The molecule has 0 aromatic carbocycles. The predicted octanol–water partition coefficient (Wildman–Crippen LogP) is 3.67. The minimum Gasteiger partial charge on any atom is -0.356 e. The summed E-state index contributed by atoms with van der Waals surface area (Å²) in [6, 6.07) is 11.7. The maximum Gasteiger partial charge on any atom is 0.191 e. The van der Waals surface area contributed by atoms with Crippen LogP contribution in [0.2, 0.25) is 0 Å². The molecule has 0 spiro atoms. The third-order valence-electron chi connectivity index (χ3n) is 6.63. The summed E-state index contributed by atoms with van der Waals surface area (Å²) in [5.41, 5.74) is 1.08. The molecule has 4 heterocycles. The molecule has 0 aliphatic carbocycles. The summed E-state index contributed by atoms with van der Waals surface area (Å²) in [4.78, 5) is 15.6. The number of guanidine groups is 1. The van der Waals surface area contributed by atoms with Gasteiger partial charge in [0.1, 0.15) is 5.82 Å². The molecule has 0 amide bonds. The molecule has 7 heteroatoms. The first-order valence-corrected chi connectivity index (χ1v) is 12.4. The minimum absolute atomic E-state index is 0.453. The fraction of sp³-hybridized carbons (Fsp3) is 0.583. The third kappa shape index (κ3) is 5.57. The Hall–Kier alpha value is -2.12. The fourth-order valence-electron chi connectivity index (χ4n) is 4.96. The lowest BCUT2D eigenvalue weighted by molar-refractivity contribution is 0.125. The highest BCUT2D eigenvalue weighted by atomic mass is 32.1. The van der Waals surface area contributed by atoms with Crippen LogP contribution >= 0.6 is 11.3 Å². The van der Waals surface area contributed by atoms with E-state index in [9.17, 15) is 0 Å². The summed E-state index contributed by atoms with van der Waals surface area (Å²) in [5, 5.41) is 9.51. The SMILES string of the molecule is CN=C(NCC1CCCN(C)C1c1cccs1)NC1CCN(c2cccc(C)n2)CC1. The summed E-state index contributed by atoms with van der Waals surface area (Å²) < 4.78 is 0. The predicted molar refractivity (Wildman–Crippen MR) is 131 cm³/mol. The van der Waals surface area contributed by atoms with Crippen LogP contribution in [0.25, 0.3) is 0 Å². The van der Waals surface area contributed by atoms with Gasteiger partial charge in [0.2, 0.25) is 0 Å². The largest absolute Gasteiger partial charge is 0.356 e. The van der Waals surface area contributed by atoms with E-state index in [0.29, 0.717) is 18.0 Å². The van der Waals surface area contributed by atoms with E-state index in [4.69, 9.17) is 0 Å². The second kappa shape index (κ2) is 10.5. The van der Waals surface area contributed by atoms with Gasteiger partial charge >= 0.3 is 0 Å². The van der Waals surface area contributed by atoms with Crippen LogP contribution in [-0.2, 0) is 0 Å². The van der Waals surface area contributed by atoms with E-state index in [1.807, 2.05) is 18.4 Å². The van der Waals surface area contributed by atoms with Crippen molar-refractivity contribution >= 4 is 23.1 Å². The number of rotatable bonds is 5. The maximum absolute atomic E-state index is 4.68. The molecular weight excluding hydrogens is 404 g/mol. The molecule has 2 fully saturated rings. The second-order valence-corrected chi connectivity index (χ2v) is 9.82. The molecule has 0 bridgehead atoms. The number of anilines is 1. The number of aliphatic imine (C=N–C) groups is 1. The van der Waals surface area contributed by atoms with Crippen molar-refractivity contribution in [1.29, 1.82) is 0 Å². The molecule has 2 aromatic rings. The molecule has 2 aromatic heterocycles. The Bertz CT molecular complexity index is 844. The van der Waals surface area contributed by atoms with E-state index in [0.717, 1.165) is 49.9 Å². The smallest absolute Gasteiger partial charge is 0.191 e. The van der Waals surface area contributed by atoms with E-state index in [-0.39, 0.29) is 0 Å². The van der Waals surface area contributed by atoms with Gasteiger partial charge in [-0.15, -0.1) is 11.3 Å². The molecule has 2 aliphatic rings. The van der Waals surface area contributed by atoms with Crippen LogP contribution < -0.4 is 15.5 Å². The summed E-state index contributed by atoms with van der Waals surface area (Å²) in [5.74, 6) is 2.64. The molecule has 0 radical (unpaired) electrons. The fourth-order valence-corrected chi connectivity index (χ4v) is 5.94. The highest BCUT2D eigenvalue weighted by Gasteiger charge is 2.31. The van der Waals surface area contributed by atoms with E-state index in [1.165, 1.54) is 24.3 Å². The number of hydrogen-bond acceptors (Lipinski definition) is 5. The Morgan fingerprint density at radius 1 is 1.16 bits per heavy atom. The van der Waals surface area contributed by atoms with Gasteiger partial charge in [-0.25, -0.2) is 4.98 Å². The topological polar surface area (TPSA) is 55.8 Å². The van der Waals surface area contributed by atoms with Gasteiger partial charge in [0.05, 0.1) is 0 Å². The Morgan fingerprint density at radius 3 is 2.71 bits per heavy atom. The lowest BCUT2D eigenvalue weighted by atomic mass is 9.88. The van der Waals surface area contributed by atoms with Gasteiger partial charge in [0.15, 0.2) is 5.96 Å². The highest BCUT2D eigenvalue weighted by Crippen LogP contribution is 2.36. The van der Waals surface area contributed by atoms with Crippen LogP contribution in [0.15, 0.2) is 40.7 Å². The normalized spacial score (nSPS) is 23.7. The van der Waals surface area contributed by atoms with Crippen molar-refractivity contribution < 1.29 is 0 Å². The summed E-state index contributed by atoms with van der Waals surface area (Å²) >= 11 is 1.88. The number of piperidine rings is 2. The number of pyridine rings is 1. The van der Waals surface area contributed by atoms with Crippen molar-refractivity contribution in [3.05, 3.63) is 46.3 Å². The molecule has 6 nitrogen and oxygen atoms in total. The molecule has 2 aliphatic heterocycles. The second-order valence-electron chi connectivity index (χ2n) is 8.84. The first kappa shape index (κ1) is 22.1. The average molecular weight is 441 g/mol. The first-order valence-electron chi connectivity index (χ1n) is 11.5. The number of likely N-dealkylation sites (tertiary alicyclic amines) is 1. The summed E-state index contributed by atoms with van der Waals surface area (Å²) in [6.45, 7) is 6.25. The molecular formula is C24H36N6S. The number of nitrogens with zero attached hydrogens (tertiary/aromatic N) is 4. The van der Waals surface area contributed by atoms with Crippen molar-refractivity contribution in [2.45, 2.75) is 44.7 Å². The van der Waals surface area contributed by atoms with Crippen molar-refractivity contribution in [2.75, 3.05) is 45.2 Å². The van der Waals surface area contributed by atoms with Gasteiger partial charge in [-0.1, -0.05) is 12.1 Å². The molecule has 168 valence electrons. The van der Waals surface area contributed by atoms with Gasteiger partial charge in [0, 0.05) is 49.3 Å². The monoisotopic (exact) mass is 440 g/mol. The van der Waals surface area contributed by atoms with Crippen LogP contribution in [-0.4, -0.2) is 62.2 Å². The molecule has 2 unspecified atom stereocenters. The van der Waals surface area contributed by atoms with E-state index in [2.05, 4.69) is 80.1 Å². The zero-order chi connectivity index (χ0) is 21.6. The lowest BCUT2D eigenvalue weighted by Gasteiger charge is -2.39. The van der Waals surface area contributed by atoms with Crippen LogP contribution in [0.5, 0.6) is 0 Å². The molecule has 31 heavy (non-hydrogen) atoms. The van der Waals surface area contributed by atoms with Gasteiger partial charge in [-0.2, -0.15) is 0 Å². The van der Waals surface area contributed by atoms with E-state index in [1.54, 1.807) is 0 Å². The van der Waals surface area contributed by atoms with Gasteiger partial charge < -0.3 is 15.5 Å².